The number of hydrogen-bond acceptors (Lipinski definition) is 4. The molecule has 2 fully saturated rings. The Bertz CT molecular complexity index is 892. The molecule has 0 radical (unpaired) electrons. The summed E-state index contributed by atoms with van der Waals surface area (Å²) in [5.74, 6) is 0. The summed E-state index contributed by atoms with van der Waals surface area (Å²) < 4.78 is 45.2. The van der Waals surface area contributed by atoms with Gasteiger partial charge in [0.1, 0.15) is 0 Å². The summed E-state index contributed by atoms with van der Waals surface area (Å²) in [6.45, 7) is 2.63. The number of amides is 2. The lowest BCUT2D eigenvalue weighted by molar-refractivity contribution is -0.137. The highest BCUT2D eigenvalue weighted by atomic mass is 35.5. The van der Waals surface area contributed by atoms with E-state index in [1.165, 1.54) is 6.07 Å². The van der Waals surface area contributed by atoms with E-state index in [9.17, 15) is 18.0 Å². The summed E-state index contributed by atoms with van der Waals surface area (Å²) >= 11 is 0. The van der Waals surface area contributed by atoms with Crippen LogP contribution < -0.4 is 10.2 Å². The van der Waals surface area contributed by atoms with Crippen LogP contribution in [0.4, 0.5) is 29.3 Å². The van der Waals surface area contributed by atoms with Gasteiger partial charge in [-0.05, 0) is 48.7 Å². The van der Waals surface area contributed by atoms with Gasteiger partial charge in [-0.2, -0.15) is 13.2 Å². The van der Waals surface area contributed by atoms with Gasteiger partial charge in [-0.3, -0.25) is 4.98 Å². The Kier molecular flexibility index (Phi) is 7.27. The molecular formula is C21H24ClF3N4O2. The topological polar surface area (TPSA) is 57.7 Å². The predicted molar refractivity (Wildman–Crippen MR) is 114 cm³/mol. The van der Waals surface area contributed by atoms with Crippen molar-refractivity contribution < 1.29 is 22.7 Å². The van der Waals surface area contributed by atoms with Crippen LogP contribution >= 0.6 is 12.4 Å². The van der Waals surface area contributed by atoms with Gasteiger partial charge in [0.05, 0.1) is 36.2 Å². The molecule has 2 aliphatic heterocycles. The van der Waals surface area contributed by atoms with Crippen LogP contribution in [0.2, 0.25) is 0 Å². The molecule has 0 aliphatic carbocycles. The van der Waals surface area contributed by atoms with E-state index in [-0.39, 0.29) is 24.1 Å². The Hall–Kier alpha value is -2.52. The van der Waals surface area contributed by atoms with Crippen LogP contribution in [0.5, 0.6) is 0 Å². The Morgan fingerprint density at radius 1 is 1.10 bits per heavy atom. The maximum Gasteiger partial charge on any atom is 0.416 e. The molecule has 2 amide bonds. The number of nitrogens with zero attached hydrogens (tertiary/aromatic N) is 3. The first-order valence-corrected chi connectivity index (χ1v) is 9.95. The molecule has 1 atom stereocenters. The maximum absolute atomic E-state index is 13.3. The fraction of sp³-hybridized carbons (Fsp3) is 0.429. The average Bonchev–Trinajstić information content (AvgIpc) is 3.24. The van der Waals surface area contributed by atoms with E-state index in [0.29, 0.717) is 38.5 Å². The Morgan fingerprint density at radius 3 is 2.48 bits per heavy atom. The zero-order chi connectivity index (χ0) is 21.1. The number of carbonyl (C=O) groups excluding carboxylic acids is 1. The molecule has 10 heteroatoms. The molecule has 1 aromatic carbocycles. The molecular weight excluding hydrogens is 433 g/mol. The lowest BCUT2D eigenvalue weighted by Crippen LogP contribution is -2.38. The minimum atomic E-state index is -4.49. The van der Waals surface area contributed by atoms with E-state index >= 15 is 0 Å². The van der Waals surface area contributed by atoms with Crippen LogP contribution in [0.1, 0.15) is 30.0 Å². The zero-order valence-corrected chi connectivity index (χ0v) is 17.6. The molecule has 2 aromatic rings. The first-order chi connectivity index (χ1) is 14.4. The molecule has 6 nitrogen and oxygen atoms in total. The highest BCUT2D eigenvalue weighted by molar-refractivity contribution is 5.94. The largest absolute Gasteiger partial charge is 0.416 e. The van der Waals surface area contributed by atoms with E-state index in [4.69, 9.17) is 4.74 Å². The molecule has 168 valence electrons. The molecule has 2 saturated heterocycles. The number of urea groups is 1. The van der Waals surface area contributed by atoms with Gasteiger partial charge in [-0.15, -0.1) is 12.4 Å². The van der Waals surface area contributed by atoms with Crippen molar-refractivity contribution in [2.45, 2.75) is 25.1 Å². The van der Waals surface area contributed by atoms with Crippen LogP contribution in [0.15, 0.2) is 42.7 Å². The zero-order valence-electron chi connectivity index (χ0n) is 16.8. The fourth-order valence-corrected chi connectivity index (χ4v) is 4.02. The van der Waals surface area contributed by atoms with Crippen molar-refractivity contribution in [3.63, 3.8) is 0 Å². The number of morpholine rings is 1. The molecule has 4 rings (SSSR count). The summed E-state index contributed by atoms with van der Waals surface area (Å²) in [4.78, 5) is 20.7. The quantitative estimate of drug-likeness (QED) is 0.725. The Balaban J connectivity index is 0.00000272. The van der Waals surface area contributed by atoms with Gasteiger partial charge < -0.3 is 19.9 Å². The monoisotopic (exact) mass is 456 g/mol. The number of halogens is 4. The number of anilines is 2. The summed E-state index contributed by atoms with van der Waals surface area (Å²) in [7, 11) is 0. The number of nitrogens with one attached hydrogen (secondary N) is 1. The molecule has 0 saturated carbocycles. The van der Waals surface area contributed by atoms with Gasteiger partial charge in [0, 0.05) is 32.0 Å². The van der Waals surface area contributed by atoms with Crippen LogP contribution in [-0.4, -0.2) is 48.8 Å². The second-order valence-corrected chi connectivity index (χ2v) is 7.39. The van der Waals surface area contributed by atoms with Gasteiger partial charge >= 0.3 is 12.2 Å². The standard InChI is InChI=1S/C21H23F3N4O2.ClH/c22-21(23,24)16-3-4-19(27-10-12-30-13-11-27)17(14-16)26-20(29)28-9-1-2-18(28)15-5-7-25-8-6-15;/h3-8,14,18H,1-2,9-13H2,(H,26,29);1H. The lowest BCUT2D eigenvalue weighted by Gasteiger charge is -2.32. The SMILES string of the molecule is Cl.O=C(Nc1cc(C(F)(F)F)ccc1N1CCOCC1)N1CCCC1c1ccncc1. The van der Waals surface area contributed by atoms with Crippen LogP contribution in [-0.2, 0) is 10.9 Å². The van der Waals surface area contributed by atoms with Gasteiger partial charge in [-0.25, -0.2) is 4.79 Å². The molecule has 1 unspecified atom stereocenters. The van der Waals surface area contributed by atoms with E-state index in [1.807, 2.05) is 17.0 Å². The second kappa shape index (κ2) is 9.74. The smallest absolute Gasteiger partial charge is 0.378 e. The molecule has 31 heavy (non-hydrogen) atoms. The number of ether oxygens (including phenoxy) is 1. The number of benzene rings is 1. The first kappa shape index (κ1) is 23.1. The van der Waals surface area contributed by atoms with Crippen molar-refractivity contribution in [1.82, 2.24) is 9.88 Å². The highest BCUT2D eigenvalue weighted by Crippen LogP contribution is 2.37. The van der Waals surface area contributed by atoms with Gasteiger partial charge in [-0.1, -0.05) is 0 Å². The van der Waals surface area contributed by atoms with E-state index < -0.39 is 17.8 Å². The van der Waals surface area contributed by atoms with Crippen molar-refractivity contribution in [3.05, 3.63) is 53.9 Å². The van der Waals surface area contributed by atoms with E-state index in [0.717, 1.165) is 30.5 Å². The molecule has 1 aromatic heterocycles. The van der Waals surface area contributed by atoms with Crippen molar-refractivity contribution in [1.29, 1.82) is 0 Å². The molecule has 1 N–H and O–H groups in total. The number of likely N-dealkylation sites (tertiary alicyclic amines) is 1. The van der Waals surface area contributed by atoms with Crippen molar-refractivity contribution in [2.75, 3.05) is 43.1 Å². The number of pyridine rings is 1. The fourth-order valence-electron chi connectivity index (χ4n) is 4.02. The van der Waals surface area contributed by atoms with Gasteiger partial charge in [0.15, 0.2) is 0 Å². The average molecular weight is 457 g/mol. The number of aromatic nitrogens is 1. The summed E-state index contributed by atoms with van der Waals surface area (Å²) in [6, 6.07) is 6.69. The van der Waals surface area contributed by atoms with Crippen molar-refractivity contribution in [2.24, 2.45) is 0 Å². The van der Waals surface area contributed by atoms with Crippen LogP contribution in [0.3, 0.4) is 0 Å². The van der Waals surface area contributed by atoms with Gasteiger partial charge in [0.2, 0.25) is 0 Å². The van der Waals surface area contributed by atoms with E-state index in [2.05, 4.69) is 10.3 Å². The lowest BCUT2D eigenvalue weighted by atomic mass is 10.1. The molecule has 0 spiro atoms. The predicted octanol–water partition coefficient (Wildman–Crippen LogP) is 4.73. The van der Waals surface area contributed by atoms with Crippen molar-refractivity contribution in [3.8, 4) is 0 Å². The summed E-state index contributed by atoms with van der Waals surface area (Å²) in [6.07, 6.45) is 0.492. The second-order valence-electron chi connectivity index (χ2n) is 7.39. The third-order valence-corrected chi connectivity index (χ3v) is 5.52. The minimum absolute atomic E-state index is 0. The Morgan fingerprint density at radius 2 is 1.81 bits per heavy atom. The number of carbonyl (C=O) groups is 1. The van der Waals surface area contributed by atoms with Gasteiger partial charge in [0.25, 0.3) is 0 Å². The number of hydrogen-bond donors (Lipinski definition) is 1. The van der Waals surface area contributed by atoms with Crippen LogP contribution in [0, 0.1) is 0 Å². The Labute approximate surface area is 184 Å². The first-order valence-electron chi connectivity index (χ1n) is 9.95. The molecule has 0 bridgehead atoms. The maximum atomic E-state index is 13.3. The van der Waals surface area contributed by atoms with Crippen LogP contribution in [0.25, 0.3) is 0 Å². The normalized spacial score (nSPS) is 19.1. The molecule has 3 heterocycles. The van der Waals surface area contributed by atoms with E-state index in [1.54, 1.807) is 17.3 Å². The minimum Gasteiger partial charge on any atom is -0.378 e. The third kappa shape index (κ3) is 5.22. The number of rotatable bonds is 3. The summed E-state index contributed by atoms with van der Waals surface area (Å²) in [5, 5.41) is 2.75. The van der Waals surface area contributed by atoms with Crippen molar-refractivity contribution >= 4 is 29.8 Å². The third-order valence-electron chi connectivity index (χ3n) is 5.52. The highest BCUT2D eigenvalue weighted by Gasteiger charge is 2.33. The molecule has 2 aliphatic rings. The summed E-state index contributed by atoms with van der Waals surface area (Å²) in [5.41, 5.74) is 0.911. The number of alkyl halides is 3.